The number of nitriles is 1. The van der Waals surface area contributed by atoms with E-state index < -0.39 is 0 Å². The molecule has 2 rings (SSSR count). The zero-order chi connectivity index (χ0) is 15.1. The summed E-state index contributed by atoms with van der Waals surface area (Å²) in [5.74, 6) is 0. The Morgan fingerprint density at radius 1 is 1.24 bits per heavy atom. The summed E-state index contributed by atoms with van der Waals surface area (Å²) >= 11 is 0. The number of nitrogens with one attached hydrogen (secondary N) is 1. The van der Waals surface area contributed by atoms with Gasteiger partial charge in [0.15, 0.2) is 0 Å². The third-order valence-corrected chi connectivity index (χ3v) is 4.32. The lowest BCUT2D eigenvalue weighted by Gasteiger charge is -2.23. The summed E-state index contributed by atoms with van der Waals surface area (Å²) in [5.41, 5.74) is 2.59. The van der Waals surface area contributed by atoms with Crippen LogP contribution < -0.4 is 5.32 Å². The summed E-state index contributed by atoms with van der Waals surface area (Å²) in [7, 11) is 0. The van der Waals surface area contributed by atoms with Crippen molar-refractivity contribution in [3.63, 3.8) is 0 Å². The molecule has 1 aromatic carbocycles. The van der Waals surface area contributed by atoms with Crippen LogP contribution in [0.1, 0.15) is 50.7 Å². The van der Waals surface area contributed by atoms with E-state index in [1.807, 2.05) is 6.92 Å². The van der Waals surface area contributed by atoms with E-state index in [2.05, 4.69) is 47.5 Å². The van der Waals surface area contributed by atoms with Crippen molar-refractivity contribution < 1.29 is 0 Å². The first-order chi connectivity index (χ1) is 10.2. The normalized spacial score (nSPS) is 17.2. The maximum absolute atomic E-state index is 9.32. The molecule has 0 saturated carbocycles. The summed E-state index contributed by atoms with van der Waals surface area (Å²) in [4.78, 5) is 2.51. The molecular formula is C18H27N3. The largest absolute Gasteiger partial charge is 0.300 e. The Labute approximate surface area is 129 Å². The van der Waals surface area contributed by atoms with Crippen LogP contribution in [0.5, 0.6) is 0 Å². The average Bonchev–Trinajstić information content (AvgIpc) is 2.92. The van der Waals surface area contributed by atoms with Crippen LogP contribution >= 0.6 is 0 Å². The molecule has 1 aliphatic heterocycles. The van der Waals surface area contributed by atoms with E-state index in [1.165, 1.54) is 17.5 Å². The molecule has 1 unspecified atom stereocenters. The minimum absolute atomic E-state index is 0.357. The van der Waals surface area contributed by atoms with Gasteiger partial charge in [-0.15, -0.1) is 0 Å². The SMILES string of the molecule is CCCNC(C)(C#N)CCCCN1Cc2ccccc2C1. The van der Waals surface area contributed by atoms with Gasteiger partial charge in [-0.25, -0.2) is 0 Å². The predicted octanol–water partition coefficient (Wildman–Crippen LogP) is 3.45. The van der Waals surface area contributed by atoms with Gasteiger partial charge in [-0.3, -0.25) is 10.2 Å². The molecule has 3 heteroatoms. The Kier molecular flexibility index (Phi) is 5.78. The second-order valence-corrected chi connectivity index (χ2v) is 6.31. The van der Waals surface area contributed by atoms with Gasteiger partial charge in [0.2, 0.25) is 0 Å². The van der Waals surface area contributed by atoms with E-state index in [1.54, 1.807) is 0 Å². The summed E-state index contributed by atoms with van der Waals surface area (Å²) in [6.07, 6.45) is 4.28. The van der Waals surface area contributed by atoms with Gasteiger partial charge in [-0.05, 0) is 56.8 Å². The Morgan fingerprint density at radius 3 is 2.48 bits per heavy atom. The quantitative estimate of drug-likeness (QED) is 0.744. The first-order valence-corrected chi connectivity index (χ1v) is 8.12. The third-order valence-electron chi connectivity index (χ3n) is 4.32. The van der Waals surface area contributed by atoms with Gasteiger partial charge in [-0.2, -0.15) is 5.26 Å². The Balaban J connectivity index is 1.68. The van der Waals surface area contributed by atoms with Crippen LogP contribution in [-0.4, -0.2) is 23.5 Å². The standard InChI is InChI=1S/C18H27N3/c1-3-11-20-18(2,15-19)10-6-7-12-21-13-16-8-4-5-9-17(16)14-21/h4-5,8-9,20H,3,6-7,10-14H2,1-2H3. The van der Waals surface area contributed by atoms with E-state index in [4.69, 9.17) is 0 Å². The van der Waals surface area contributed by atoms with E-state index >= 15 is 0 Å². The number of hydrogen-bond donors (Lipinski definition) is 1. The monoisotopic (exact) mass is 285 g/mol. The highest BCUT2D eigenvalue weighted by Gasteiger charge is 2.22. The number of benzene rings is 1. The topological polar surface area (TPSA) is 39.1 Å². The second kappa shape index (κ2) is 7.59. The molecule has 0 spiro atoms. The number of fused-ring (bicyclic) bond motifs is 1. The van der Waals surface area contributed by atoms with Gasteiger partial charge in [-0.1, -0.05) is 31.2 Å². The molecular weight excluding hydrogens is 258 g/mol. The van der Waals surface area contributed by atoms with Crippen LogP contribution in [0.3, 0.4) is 0 Å². The lowest BCUT2D eigenvalue weighted by molar-refractivity contribution is 0.271. The number of unbranched alkanes of at least 4 members (excludes halogenated alkanes) is 1. The predicted molar refractivity (Wildman–Crippen MR) is 86.7 cm³/mol. The smallest absolute Gasteiger partial charge is 0.103 e. The van der Waals surface area contributed by atoms with Gasteiger partial charge < -0.3 is 0 Å². The molecule has 1 heterocycles. The first-order valence-electron chi connectivity index (χ1n) is 8.12. The van der Waals surface area contributed by atoms with Crippen LogP contribution in [0.2, 0.25) is 0 Å². The van der Waals surface area contributed by atoms with Crippen LogP contribution in [0, 0.1) is 11.3 Å². The number of hydrogen-bond acceptors (Lipinski definition) is 3. The summed E-state index contributed by atoms with van der Waals surface area (Å²) in [6, 6.07) is 11.1. The molecule has 1 N–H and O–H groups in total. The lowest BCUT2D eigenvalue weighted by Crippen LogP contribution is -2.41. The fraction of sp³-hybridized carbons (Fsp3) is 0.611. The highest BCUT2D eigenvalue weighted by molar-refractivity contribution is 5.30. The molecule has 0 aliphatic carbocycles. The van der Waals surface area contributed by atoms with E-state index in [0.29, 0.717) is 0 Å². The fourth-order valence-corrected chi connectivity index (χ4v) is 2.96. The second-order valence-electron chi connectivity index (χ2n) is 6.31. The highest BCUT2D eigenvalue weighted by Crippen LogP contribution is 2.23. The fourth-order valence-electron chi connectivity index (χ4n) is 2.96. The maximum Gasteiger partial charge on any atom is 0.103 e. The van der Waals surface area contributed by atoms with Crippen molar-refractivity contribution in [2.75, 3.05) is 13.1 Å². The van der Waals surface area contributed by atoms with E-state index in [-0.39, 0.29) is 5.54 Å². The molecule has 0 aromatic heterocycles. The van der Waals surface area contributed by atoms with Gasteiger partial charge >= 0.3 is 0 Å². The minimum Gasteiger partial charge on any atom is -0.300 e. The molecule has 0 radical (unpaired) electrons. The zero-order valence-electron chi connectivity index (χ0n) is 13.4. The Hall–Kier alpha value is -1.37. The molecule has 1 aliphatic rings. The van der Waals surface area contributed by atoms with Gasteiger partial charge in [0, 0.05) is 13.1 Å². The molecule has 3 nitrogen and oxygen atoms in total. The van der Waals surface area contributed by atoms with E-state index in [9.17, 15) is 5.26 Å². The summed E-state index contributed by atoms with van der Waals surface area (Å²) < 4.78 is 0. The van der Waals surface area contributed by atoms with Crippen molar-refractivity contribution in [2.45, 2.75) is 58.2 Å². The van der Waals surface area contributed by atoms with Crippen molar-refractivity contribution in [1.29, 1.82) is 5.26 Å². The van der Waals surface area contributed by atoms with Crippen molar-refractivity contribution in [2.24, 2.45) is 0 Å². The van der Waals surface area contributed by atoms with Crippen molar-refractivity contribution >= 4 is 0 Å². The molecule has 1 atom stereocenters. The Bertz CT molecular complexity index is 466. The Morgan fingerprint density at radius 2 is 1.90 bits per heavy atom. The molecule has 1 aromatic rings. The number of nitrogens with zero attached hydrogens (tertiary/aromatic N) is 2. The van der Waals surface area contributed by atoms with E-state index in [0.717, 1.165) is 45.4 Å². The highest BCUT2D eigenvalue weighted by atomic mass is 15.1. The first kappa shape index (κ1) is 16.0. The minimum atomic E-state index is -0.357. The summed E-state index contributed by atoms with van der Waals surface area (Å²) in [6.45, 7) is 8.37. The molecule has 0 fully saturated rings. The molecule has 0 saturated heterocycles. The molecule has 21 heavy (non-hydrogen) atoms. The number of rotatable bonds is 8. The van der Waals surface area contributed by atoms with Crippen LogP contribution in [0.25, 0.3) is 0 Å². The van der Waals surface area contributed by atoms with Gasteiger partial charge in [0.05, 0.1) is 6.07 Å². The van der Waals surface area contributed by atoms with Crippen molar-refractivity contribution in [1.82, 2.24) is 10.2 Å². The van der Waals surface area contributed by atoms with Crippen molar-refractivity contribution in [3.8, 4) is 6.07 Å². The molecule has 0 bridgehead atoms. The average molecular weight is 285 g/mol. The van der Waals surface area contributed by atoms with Crippen LogP contribution in [-0.2, 0) is 13.1 Å². The third kappa shape index (κ3) is 4.56. The lowest BCUT2D eigenvalue weighted by atomic mass is 9.96. The molecule has 114 valence electrons. The van der Waals surface area contributed by atoms with Crippen LogP contribution in [0.4, 0.5) is 0 Å². The molecule has 0 amide bonds. The zero-order valence-corrected chi connectivity index (χ0v) is 13.4. The van der Waals surface area contributed by atoms with Crippen molar-refractivity contribution in [3.05, 3.63) is 35.4 Å². The summed E-state index contributed by atoms with van der Waals surface area (Å²) in [5, 5.41) is 12.7. The van der Waals surface area contributed by atoms with Gasteiger partial charge in [0.1, 0.15) is 5.54 Å². The van der Waals surface area contributed by atoms with Gasteiger partial charge in [0.25, 0.3) is 0 Å². The maximum atomic E-state index is 9.32. The van der Waals surface area contributed by atoms with Crippen LogP contribution in [0.15, 0.2) is 24.3 Å².